The first-order chi connectivity index (χ1) is 13.1. The molecule has 0 aliphatic carbocycles. The van der Waals surface area contributed by atoms with Gasteiger partial charge in [0.05, 0.1) is 11.1 Å². The fraction of sp³-hybridized carbons (Fsp3) is 0.300. The van der Waals surface area contributed by atoms with Crippen molar-refractivity contribution in [3.63, 3.8) is 0 Å². The molecule has 6 nitrogen and oxygen atoms in total. The van der Waals surface area contributed by atoms with Crippen molar-refractivity contribution in [1.82, 2.24) is 0 Å². The number of carbonyl (C=O) groups excluding carboxylic acids is 2. The molecule has 7 heteroatoms. The third-order valence-electron chi connectivity index (χ3n) is 4.16. The fourth-order valence-corrected chi connectivity index (χ4v) is 3.33. The number of methoxy groups -OCH3 is 1. The standard InChI is InChI=1S/C20H19BrO6/c1-24-20-17(27-19(23)14-10-6-3-7-11-14)16(15(12-21)25-20)26-18(22)13-8-4-2-5-9-13/h2-11,15-17,20H,12H2,1H3/t15-,16-,17-,20?/m1/s1. The Morgan fingerprint density at radius 1 is 0.889 bits per heavy atom. The molecule has 4 atom stereocenters. The molecule has 0 saturated carbocycles. The molecule has 1 aliphatic rings. The van der Waals surface area contributed by atoms with Crippen LogP contribution in [0.15, 0.2) is 60.7 Å². The van der Waals surface area contributed by atoms with Gasteiger partial charge in [-0.25, -0.2) is 9.59 Å². The molecule has 0 spiro atoms. The summed E-state index contributed by atoms with van der Waals surface area (Å²) in [7, 11) is 1.45. The van der Waals surface area contributed by atoms with Gasteiger partial charge in [0.2, 0.25) is 0 Å². The summed E-state index contributed by atoms with van der Waals surface area (Å²) in [4.78, 5) is 25.0. The quantitative estimate of drug-likeness (QED) is 0.513. The van der Waals surface area contributed by atoms with Gasteiger partial charge in [-0.1, -0.05) is 52.3 Å². The summed E-state index contributed by atoms with van der Waals surface area (Å²) in [5, 5.41) is 0.388. The van der Waals surface area contributed by atoms with Crippen molar-refractivity contribution in [2.24, 2.45) is 0 Å². The molecule has 2 aromatic carbocycles. The molecular formula is C20H19BrO6. The molecule has 3 rings (SSSR count). The van der Waals surface area contributed by atoms with Crippen LogP contribution in [0.1, 0.15) is 20.7 Å². The first-order valence-electron chi connectivity index (χ1n) is 8.40. The summed E-state index contributed by atoms with van der Waals surface area (Å²) in [6.45, 7) is 0. The minimum Gasteiger partial charge on any atom is -0.452 e. The Labute approximate surface area is 165 Å². The van der Waals surface area contributed by atoms with E-state index in [1.165, 1.54) is 7.11 Å². The SMILES string of the molecule is COC1O[C@H](CBr)[C@@H](OC(=O)c2ccccc2)[C@H]1OC(=O)c1ccccc1. The van der Waals surface area contributed by atoms with Crippen LogP contribution in [0.3, 0.4) is 0 Å². The Morgan fingerprint density at radius 3 is 1.81 bits per heavy atom. The highest BCUT2D eigenvalue weighted by molar-refractivity contribution is 9.09. The van der Waals surface area contributed by atoms with Crippen LogP contribution < -0.4 is 0 Å². The molecule has 1 heterocycles. The van der Waals surface area contributed by atoms with E-state index < -0.39 is 36.5 Å². The molecule has 0 N–H and O–H groups in total. The van der Waals surface area contributed by atoms with E-state index in [0.29, 0.717) is 16.5 Å². The number of esters is 2. The van der Waals surface area contributed by atoms with Crippen LogP contribution >= 0.6 is 15.9 Å². The highest BCUT2D eigenvalue weighted by Gasteiger charge is 2.49. The summed E-state index contributed by atoms with van der Waals surface area (Å²) < 4.78 is 22.3. The number of halogens is 1. The summed E-state index contributed by atoms with van der Waals surface area (Å²) in [6, 6.07) is 17.2. The Balaban J connectivity index is 1.79. The molecule has 0 aromatic heterocycles. The zero-order valence-electron chi connectivity index (χ0n) is 14.6. The number of hydrogen-bond donors (Lipinski definition) is 0. The summed E-state index contributed by atoms with van der Waals surface area (Å²) in [5.74, 6) is -1.06. The van der Waals surface area contributed by atoms with E-state index in [9.17, 15) is 9.59 Å². The number of carbonyl (C=O) groups is 2. The first kappa shape index (κ1) is 19.5. The molecule has 1 aliphatic heterocycles. The van der Waals surface area contributed by atoms with Crippen LogP contribution in [0.4, 0.5) is 0 Å². The average Bonchev–Trinajstić information content (AvgIpc) is 3.05. The van der Waals surface area contributed by atoms with Crippen LogP contribution in [0.25, 0.3) is 0 Å². The lowest BCUT2D eigenvalue weighted by Crippen LogP contribution is -2.41. The van der Waals surface area contributed by atoms with Gasteiger partial charge in [-0.05, 0) is 24.3 Å². The van der Waals surface area contributed by atoms with Crippen LogP contribution in [-0.4, -0.2) is 49.0 Å². The number of ether oxygens (including phenoxy) is 4. The summed E-state index contributed by atoms with van der Waals surface area (Å²) in [5.41, 5.74) is 0.794. The van der Waals surface area contributed by atoms with E-state index in [4.69, 9.17) is 18.9 Å². The molecule has 1 unspecified atom stereocenters. The Hall–Kier alpha value is -2.22. The Kier molecular flexibility index (Phi) is 6.60. The lowest BCUT2D eigenvalue weighted by atomic mass is 10.1. The second-order valence-corrected chi connectivity index (χ2v) is 6.55. The summed E-state index contributed by atoms with van der Waals surface area (Å²) in [6.07, 6.45) is -3.06. The zero-order chi connectivity index (χ0) is 19.2. The number of hydrogen-bond acceptors (Lipinski definition) is 6. The van der Waals surface area contributed by atoms with E-state index in [-0.39, 0.29) is 0 Å². The monoisotopic (exact) mass is 434 g/mol. The molecular weight excluding hydrogens is 416 g/mol. The van der Waals surface area contributed by atoms with Crippen molar-refractivity contribution < 1.29 is 28.5 Å². The highest BCUT2D eigenvalue weighted by atomic mass is 79.9. The van der Waals surface area contributed by atoms with Gasteiger partial charge in [-0.15, -0.1) is 0 Å². The molecule has 0 radical (unpaired) electrons. The van der Waals surface area contributed by atoms with Gasteiger partial charge in [-0.3, -0.25) is 0 Å². The van der Waals surface area contributed by atoms with E-state index in [2.05, 4.69) is 15.9 Å². The van der Waals surface area contributed by atoms with Gasteiger partial charge in [-0.2, -0.15) is 0 Å². The predicted molar refractivity (Wildman–Crippen MR) is 101 cm³/mol. The molecule has 2 aromatic rings. The van der Waals surface area contributed by atoms with Crippen LogP contribution in [0, 0.1) is 0 Å². The molecule has 0 amide bonds. The van der Waals surface area contributed by atoms with Crippen LogP contribution in [0.5, 0.6) is 0 Å². The minimum absolute atomic E-state index is 0.388. The second kappa shape index (κ2) is 9.12. The largest absolute Gasteiger partial charge is 0.452 e. The third-order valence-corrected chi connectivity index (χ3v) is 4.80. The molecule has 27 heavy (non-hydrogen) atoms. The van der Waals surface area contributed by atoms with Crippen molar-refractivity contribution in [2.45, 2.75) is 24.6 Å². The maximum absolute atomic E-state index is 12.5. The molecule has 1 saturated heterocycles. The van der Waals surface area contributed by atoms with Crippen LogP contribution in [0.2, 0.25) is 0 Å². The van der Waals surface area contributed by atoms with E-state index in [0.717, 1.165) is 0 Å². The van der Waals surface area contributed by atoms with Gasteiger partial charge in [0.25, 0.3) is 0 Å². The Morgan fingerprint density at radius 2 is 1.37 bits per heavy atom. The van der Waals surface area contributed by atoms with Gasteiger partial charge in [0, 0.05) is 12.4 Å². The van der Waals surface area contributed by atoms with Crippen molar-refractivity contribution in [3.05, 3.63) is 71.8 Å². The van der Waals surface area contributed by atoms with E-state index in [1.54, 1.807) is 54.6 Å². The van der Waals surface area contributed by atoms with Gasteiger partial charge >= 0.3 is 11.9 Å². The van der Waals surface area contributed by atoms with Crippen molar-refractivity contribution in [1.29, 1.82) is 0 Å². The first-order valence-corrected chi connectivity index (χ1v) is 9.52. The zero-order valence-corrected chi connectivity index (χ0v) is 16.2. The summed E-state index contributed by atoms with van der Waals surface area (Å²) >= 11 is 3.35. The highest BCUT2D eigenvalue weighted by Crippen LogP contribution is 2.30. The van der Waals surface area contributed by atoms with E-state index in [1.807, 2.05) is 6.07 Å². The van der Waals surface area contributed by atoms with Crippen molar-refractivity contribution >= 4 is 27.9 Å². The lowest BCUT2D eigenvalue weighted by Gasteiger charge is -2.23. The number of benzene rings is 2. The average molecular weight is 435 g/mol. The van der Waals surface area contributed by atoms with Crippen molar-refractivity contribution in [2.75, 3.05) is 12.4 Å². The molecule has 1 fully saturated rings. The lowest BCUT2D eigenvalue weighted by molar-refractivity contribution is -0.147. The van der Waals surface area contributed by atoms with Gasteiger partial charge < -0.3 is 18.9 Å². The number of alkyl halides is 1. The van der Waals surface area contributed by atoms with Crippen LogP contribution in [-0.2, 0) is 18.9 Å². The molecule has 142 valence electrons. The third kappa shape index (κ3) is 4.55. The van der Waals surface area contributed by atoms with E-state index >= 15 is 0 Å². The Bertz CT molecular complexity index is 701. The molecule has 0 bridgehead atoms. The smallest absolute Gasteiger partial charge is 0.338 e. The van der Waals surface area contributed by atoms with Crippen molar-refractivity contribution in [3.8, 4) is 0 Å². The normalized spacial score (nSPS) is 24.4. The second-order valence-electron chi connectivity index (χ2n) is 5.90. The fourth-order valence-electron chi connectivity index (χ4n) is 2.80. The maximum Gasteiger partial charge on any atom is 0.338 e. The maximum atomic E-state index is 12.5. The van der Waals surface area contributed by atoms with Gasteiger partial charge in [0.1, 0.15) is 6.10 Å². The topological polar surface area (TPSA) is 71.1 Å². The predicted octanol–water partition coefficient (Wildman–Crippen LogP) is 3.20. The number of rotatable bonds is 6. The van der Waals surface area contributed by atoms with Gasteiger partial charge in [0.15, 0.2) is 18.5 Å². The minimum atomic E-state index is -0.891.